The minimum atomic E-state index is -0.107. The number of nitrogens with two attached hydrogens (primary N) is 1. The molecule has 1 radical (unpaired) electrons. The van der Waals surface area contributed by atoms with E-state index in [1.165, 1.54) is 0 Å². The van der Waals surface area contributed by atoms with E-state index in [2.05, 4.69) is 16.0 Å². The Morgan fingerprint density at radius 1 is 1.08 bits per heavy atom. The van der Waals surface area contributed by atoms with Gasteiger partial charge in [0.1, 0.15) is 19.0 Å². The number of nitrogens with zero attached hydrogens (tertiary/aromatic N) is 2. The summed E-state index contributed by atoms with van der Waals surface area (Å²) in [5.74, 6) is 1.05. The Balaban J connectivity index is 1.86. The van der Waals surface area contributed by atoms with Crippen LogP contribution in [-0.4, -0.2) is 28.3 Å². The number of aliphatic hydroxyl groups excluding tert-OH is 1. The summed E-state index contributed by atoms with van der Waals surface area (Å²) < 4.78 is 11.3. The molecule has 3 rings (SSSR count). The Kier molecular flexibility index (Phi) is 5.43. The summed E-state index contributed by atoms with van der Waals surface area (Å²) in [7, 11) is 0. The molecule has 0 fully saturated rings. The van der Waals surface area contributed by atoms with Gasteiger partial charge in [-0.05, 0) is 23.8 Å². The topological polar surface area (TPSA) is 90.5 Å². The average molecular weight is 336 g/mol. The molecule has 0 saturated carbocycles. The largest absolute Gasteiger partial charge is 0.488 e. The molecule has 0 aliphatic heterocycles. The Hall–Kier alpha value is -3.12. The molecule has 0 spiro atoms. The molecule has 25 heavy (non-hydrogen) atoms. The summed E-state index contributed by atoms with van der Waals surface area (Å²) in [6, 6.07) is 19.9. The second-order valence-electron chi connectivity index (χ2n) is 5.22. The van der Waals surface area contributed by atoms with Crippen LogP contribution in [0.1, 0.15) is 5.56 Å². The van der Waals surface area contributed by atoms with Gasteiger partial charge in [0.25, 0.3) is 0 Å². The molecule has 0 bridgehead atoms. The first-order valence-electron chi connectivity index (χ1n) is 7.81. The maximum atomic E-state index is 8.88. The van der Waals surface area contributed by atoms with Crippen molar-refractivity contribution in [3.63, 3.8) is 0 Å². The molecule has 2 aromatic carbocycles. The first-order valence-corrected chi connectivity index (χ1v) is 7.81. The molecule has 0 aliphatic rings. The van der Waals surface area contributed by atoms with Gasteiger partial charge < -0.3 is 20.3 Å². The summed E-state index contributed by atoms with van der Waals surface area (Å²) >= 11 is 0. The lowest BCUT2D eigenvalue weighted by molar-refractivity contribution is 0.197. The van der Waals surface area contributed by atoms with Crippen LogP contribution in [0.4, 0.5) is 5.95 Å². The summed E-state index contributed by atoms with van der Waals surface area (Å²) in [6.45, 7) is 0.463. The number of hydrogen-bond donors (Lipinski definition) is 2. The number of aliphatic hydroxyl groups is 1. The normalized spacial score (nSPS) is 10.4. The van der Waals surface area contributed by atoms with E-state index in [1.807, 2.05) is 36.4 Å². The smallest absolute Gasteiger partial charge is 0.223 e. The molecule has 0 saturated heterocycles. The number of ether oxygens (including phenoxy) is 2. The summed E-state index contributed by atoms with van der Waals surface area (Å²) in [4.78, 5) is 8.25. The minimum Gasteiger partial charge on any atom is -0.488 e. The monoisotopic (exact) mass is 336 g/mol. The zero-order chi connectivity index (χ0) is 17.5. The standard InChI is InChI=1S/C19H18N3O3/c20-19-21-16(12-18(22-19)24-11-10-23)15-8-4-5-9-17(15)25-13-14-6-2-1-3-7-14/h1-3,5-9,12,23H,10-11,13H2,(H2,20,21,22). The molecule has 127 valence electrons. The first-order chi connectivity index (χ1) is 12.3. The van der Waals surface area contributed by atoms with Gasteiger partial charge in [-0.3, -0.25) is 0 Å². The van der Waals surface area contributed by atoms with Gasteiger partial charge in [-0.2, -0.15) is 4.98 Å². The predicted molar refractivity (Wildman–Crippen MR) is 94.1 cm³/mol. The third-order valence-corrected chi connectivity index (χ3v) is 3.40. The Morgan fingerprint density at radius 2 is 1.92 bits per heavy atom. The zero-order valence-electron chi connectivity index (χ0n) is 13.6. The van der Waals surface area contributed by atoms with Gasteiger partial charge in [-0.15, -0.1) is 0 Å². The number of hydrogen-bond acceptors (Lipinski definition) is 6. The fraction of sp³-hybridized carbons (Fsp3) is 0.158. The SMILES string of the molecule is Nc1nc(OCCO)cc(-c2c[c]ccc2OCc2ccccc2)n1. The molecular formula is C19H18N3O3. The number of aromatic nitrogens is 2. The van der Waals surface area contributed by atoms with Gasteiger partial charge in [-0.25, -0.2) is 4.98 Å². The van der Waals surface area contributed by atoms with Crippen molar-refractivity contribution in [3.05, 3.63) is 66.2 Å². The first kappa shape index (κ1) is 16.7. The Labute approximate surface area is 145 Å². The van der Waals surface area contributed by atoms with Gasteiger partial charge in [0.05, 0.1) is 12.3 Å². The molecule has 6 nitrogen and oxygen atoms in total. The minimum absolute atomic E-state index is 0.0864. The zero-order valence-corrected chi connectivity index (χ0v) is 13.6. The van der Waals surface area contributed by atoms with Crippen molar-refractivity contribution < 1.29 is 14.6 Å². The highest BCUT2D eigenvalue weighted by Gasteiger charge is 2.11. The summed E-state index contributed by atoms with van der Waals surface area (Å²) in [5, 5.41) is 8.88. The Morgan fingerprint density at radius 3 is 2.72 bits per heavy atom. The van der Waals surface area contributed by atoms with E-state index < -0.39 is 0 Å². The van der Waals surface area contributed by atoms with Crippen LogP contribution in [0.3, 0.4) is 0 Å². The number of anilines is 1. The molecular weight excluding hydrogens is 318 g/mol. The van der Waals surface area contributed by atoms with Gasteiger partial charge in [0, 0.05) is 11.6 Å². The second kappa shape index (κ2) is 8.12. The summed E-state index contributed by atoms with van der Waals surface area (Å²) in [5.41, 5.74) is 8.14. The lowest BCUT2D eigenvalue weighted by atomic mass is 10.1. The van der Waals surface area contributed by atoms with E-state index in [1.54, 1.807) is 18.2 Å². The van der Waals surface area contributed by atoms with E-state index in [4.69, 9.17) is 20.3 Å². The Bertz CT molecular complexity index is 825. The predicted octanol–water partition coefficient (Wildman–Crippen LogP) is 2.48. The summed E-state index contributed by atoms with van der Waals surface area (Å²) in [6.07, 6.45) is 0. The molecule has 6 heteroatoms. The lowest BCUT2D eigenvalue weighted by Gasteiger charge is -2.12. The van der Waals surface area contributed by atoms with Gasteiger partial charge in [-0.1, -0.05) is 36.4 Å². The van der Waals surface area contributed by atoms with Crippen molar-refractivity contribution in [1.82, 2.24) is 9.97 Å². The lowest BCUT2D eigenvalue weighted by Crippen LogP contribution is -2.06. The molecule has 0 unspecified atom stereocenters. The van der Waals surface area contributed by atoms with Crippen LogP contribution in [0, 0.1) is 6.07 Å². The number of rotatable bonds is 7. The van der Waals surface area contributed by atoms with Crippen molar-refractivity contribution in [2.45, 2.75) is 6.61 Å². The van der Waals surface area contributed by atoms with Crippen LogP contribution in [0.15, 0.2) is 54.6 Å². The molecule has 1 heterocycles. The van der Waals surface area contributed by atoms with Gasteiger partial charge in [0.2, 0.25) is 11.8 Å². The van der Waals surface area contributed by atoms with Crippen LogP contribution in [0.5, 0.6) is 11.6 Å². The number of benzene rings is 2. The van der Waals surface area contributed by atoms with Crippen molar-refractivity contribution in [3.8, 4) is 22.9 Å². The van der Waals surface area contributed by atoms with Crippen LogP contribution in [-0.2, 0) is 6.61 Å². The van der Waals surface area contributed by atoms with E-state index in [0.29, 0.717) is 23.9 Å². The van der Waals surface area contributed by atoms with E-state index in [-0.39, 0.29) is 19.2 Å². The van der Waals surface area contributed by atoms with E-state index in [0.717, 1.165) is 11.1 Å². The van der Waals surface area contributed by atoms with Crippen molar-refractivity contribution in [2.24, 2.45) is 0 Å². The van der Waals surface area contributed by atoms with Crippen molar-refractivity contribution in [1.29, 1.82) is 0 Å². The van der Waals surface area contributed by atoms with Crippen molar-refractivity contribution >= 4 is 5.95 Å². The highest BCUT2D eigenvalue weighted by atomic mass is 16.5. The van der Waals surface area contributed by atoms with Crippen LogP contribution < -0.4 is 15.2 Å². The maximum absolute atomic E-state index is 8.88. The highest BCUT2D eigenvalue weighted by Crippen LogP contribution is 2.30. The average Bonchev–Trinajstić information content (AvgIpc) is 2.65. The van der Waals surface area contributed by atoms with Crippen molar-refractivity contribution in [2.75, 3.05) is 18.9 Å². The van der Waals surface area contributed by atoms with Crippen LogP contribution in [0.2, 0.25) is 0 Å². The highest BCUT2D eigenvalue weighted by molar-refractivity contribution is 5.68. The van der Waals surface area contributed by atoms with Crippen LogP contribution in [0.25, 0.3) is 11.3 Å². The molecule has 3 N–H and O–H groups in total. The third-order valence-electron chi connectivity index (χ3n) is 3.40. The van der Waals surface area contributed by atoms with E-state index in [9.17, 15) is 0 Å². The van der Waals surface area contributed by atoms with Gasteiger partial charge in [0.15, 0.2) is 0 Å². The second-order valence-corrected chi connectivity index (χ2v) is 5.22. The molecule has 0 atom stereocenters. The van der Waals surface area contributed by atoms with Gasteiger partial charge >= 0.3 is 0 Å². The third kappa shape index (κ3) is 4.45. The number of nitrogen functional groups attached to an aromatic ring is 1. The molecule has 0 aliphatic carbocycles. The fourth-order valence-electron chi connectivity index (χ4n) is 2.28. The molecule has 3 aromatic rings. The molecule has 1 aromatic heterocycles. The van der Waals surface area contributed by atoms with E-state index >= 15 is 0 Å². The fourth-order valence-corrected chi connectivity index (χ4v) is 2.28. The quantitative estimate of drug-likeness (QED) is 0.689. The van der Waals surface area contributed by atoms with Crippen LogP contribution >= 0.6 is 0 Å². The maximum Gasteiger partial charge on any atom is 0.223 e. The molecule has 0 amide bonds.